The summed E-state index contributed by atoms with van der Waals surface area (Å²) in [5.41, 5.74) is 0.272. The Balaban J connectivity index is 0.000000303. The lowest BCUT2D eigenvalue weighted by Crippen LogP contribution is -2.60. The van der Waals surface area contributed by atoms with Crippen LogP contribution in [0.25, 0.3) is 0 Å². The van der Waals surface area contributed by atoms with Crippen LogP contribution in [0, 0.1) is 0 Å². The van der Waals surface area contributed by atoms with Gasteiger partial charge in [-0.1, -0.05) is 6.42 Å². The first-order valence-electron chi connectivity index (χ1n) is 11.5. The summed E-state index contributed by atoms with van der Waals surface area (Å²) in [6.07, 6.45) is 6.35. The van der Waals surface area contributed by atoms with E-state index in [4.69, 9.17) is 11.8 Å². The van der Waals surface area contributed by atoms with Crippen molar-refractivity contribution in [3.05, 3.63) is 0 Å². The minimum Gasteiger partial charge on any atom is -0.389 e. The van der Waals surface area contributed by atoms with E-state index in [1.165, 1.54) is 38.5 Å². The third-order valence-electron chi connectivity index (χ3n) is 6.81. The van der Waals surface area contributed by atoms with E-state index in [1.54, 1.807) is 0 Å². The molecule has 0 aromatic carbocycles. The van der Waals surface area contributed by atoms with Crippen LogP contribution >= 0.6 is 0 Å². The zero-order chi connectivity index (χ0) is 22.9. The number of likely N-dealkylation sites (tertiary alicyclic amines) is 2. The van der Waals surface area contributed by atoms with Crippen molar-refractivity contribution in [2.24, 2.45) is 11.8 Å². The van der Waals surface area contributed by atoms with Crippen LogP contribution in [0.3, 0.4) is 0 Å². The highest BCUT2D eigenvalue weighted by molar-refractivity contribution is 4.97. The molecule has 0 aliphatic carbocycles. The molecule has 2 rings (SSSR count). The molecule has 0 spiro atoms. The zero-order valence-corrected chi connectivity index (χ0v) is 20.1. The first kappa shape index (κ1) is 27.7. The quantitative estimate of drug-likeness (QED) is 0.429. The summed E-state index contributed by atoms with van der Waals surface area (Å²) < 4.78 is 0. The molecule has 8 heteroatoms. The number of nitrogens with two attached hydrogens (primary N) is 2. The van der Waals surface area contributed by atoms with Gasteiger partial charge in [0.2, 0.25) is 0 Å². The summed E-state index contributed by atoms with van der Waals surface area (Å²) in [5.74, 6) is 9.92. The fraction of sp³-hybridized carbons (Fsp3) is 1.00. The van der Waals surface area contributed by atoms with Crippen LogP contribution in [0.15, 0.2) is 0 Å². The van der Waals surface area contributed by atoms with Gasteiger partial charge >= 0.3 is 0 Å². The first-order valence-corrected chi connectivity index (χ1v) is 11.5. The van der Waals surface area contributed by atoms with Crippen LogP contribution in [0.5, 0.6) is 0 Å². The molecule has 2 aliphatic heterocycles. The van der Waals surface area contributed by atoms with E-state index in [0.717, 1.165) is 0 Å². The topological polar surface area (TPSA) is 117 Å². The number of hydrogen-bond donors (Lipinski definition) is 4. The molecule has 6 N–H and O–H groups in total. The van der Waals surface area contributed by atoms with Crippen LogP contribution < -0.4 is 11.8 Å². The summed E-state index contributed by atoms with van der Waals surface area (Å²) in [7, 11) is 0. The summed E-state index contributed by atoms with van der Waals surface area (Å²) >= 11 is 0. The highest BCUT2D eigenvalue weighted by atomic mass is 16.6. The average Bonchev–Trinajstić information content (AvgIpc) is 2.62. The third-order valence-corrected chi connectivity index (χ3v) is 6.81. The van der Waals surface area contributed by atoms with Crippen molar-refractivity contribution < 1.29 is 19.9 Å². The van der Waals surface area contributed by atoms with Crippen LogP contribution in [-0.2, 0) is 9.68 Å². The molecule has 2 saturated heterocycles. The minimum atomic E-state index is -0.512. The van der Waals surface area contributed by atoms with Crippen molar-refractivity contribution in [1.82, 2.24) is 9.80 Å². The average molecular weight is 433 g/mol. The molecule has 4 unspecified atom stereocenters. The van der Waals surface area contributed by atoms with Gasteiger partial charge in [0.15, 0.2) is 0 Å². The molecular formula is C22H48N4O4. The van der Waals surface area contributed by atoms with Crippen LogP contribution in [-0.4, -0.2) is 81.7 Å². The molecule has 0 bridgehead atoms. The predicted octanol–water partition coefficient (Wildman–Crippen LogP) is 1.78. The molecular weight excluding hydrogens is 384 g/mol. The Morgan fingerprint density at radius 3 is 1.70 bits per heavy atom. The normalized spacial score (nSPS) is 29.0. The second-order valence-corrected chi connectivity index (χ2v) is 10.4. The molecule has 2 fully saturated rings. The Kier molecular flexibility index (Phi) is 11.7. The number of β-amino-alcohol motifs (C(OH)–C–C–N with tert-alkyl or cyclic N) is 2. The second-order valence-electron chi connectivity index (χ2n) is 10.4. The van der Waals surface area contributed by atoms with Crippen molar-refractivity contribution >= 4 is 0 Å². The molecule has 2 heterocycles. The predicted molar refractivity (Wildman–Crippen MR) is 120 cm³/mol. The Morgan fingerprint density at radius 1 is 0.833 bits per heavy atom. The van der Waals surface area contributed by atoms with E-state index in [1.807, 2.05) is 0 Å². The molecule has 0 aromatic rings. The van der Waals surface area contributed by atoms with Crippen molar-refractivity contribution in [1.29, 1.82) is 0 Å². The monoisotopic (exact) mass is 432 g/mol. The Hall–Kier alpha value is -0.320. The van der Waals surface area contributed by atoms with Gasteiger partial charge in [-0.3, -0.25) is 9.80 Å². The molecule has 0 radical (unpaired) electrons. The van der Waals surface area contributed by atoms with Crippen LogP contribution in [0.2, 0.25) is 0 Å². The summed E-state index contributed by atoms with van der Waals surface area (Å²) in [6, 6.07) is 1.12. The Labute approximate surface area is 183 Å². The lowest BCUT2D eigenvalue weighted by molar-refractivity contribution is -0.0702. The summed E-state index contributed by atoms with van der Waals surface area (Å²) in [6.45, 7) is 15.1. The van der Waals surface area contributed by atoms with Crippen molar-refractivity contribution in [3.8, 4) is 0 Å². The molecule has 180 valence electrons. The van der Waals surface area contributed by atoms with Gasteiger partial charge in [-0.05, 0) is 73.6 Å². The fourth-order valence-corrected chi connectivity index (χ4v) is 5.15. The maximum Gasteiger partial charge on any atom is 0.0951 e. The molecule has 4 atom stereocenters. The van der Waals surface area contributed by atoms with Gasteiger partial charge in [-0.25, -0.2) is 11.8 Å². The molecule has 0 amide bonds. The molecule has 0 aromatic heterocycles. The van der Waals surface area contributed by atoms with Crippen molar-refractivity contribution in [2.75, 3.05) is 26.3 Å². The number of piperidine rings is 2. The van der Waals surface area contributed by atoms with E-state index < -0.39 is 12.2 Å². The molecule has 8 nitrogen and oxygen atoms in total. The molecule has 2 aliphatic rings. The van der Waals surface area contributed by atoms with Gasteiger partial charge in [0, 0.05) is 36.3 Å². The fourth-order valence-electron chi connectivity index (χ4n) is 5.15. The van der Waals surface area contributed by atoms with Crippen LogP contribution in [0.4, 0.5) is 0 Å². The van der Waals surface area contributed by atoms with E-state index in [-0.39, 0.29) is 24.3 Å². The van der Waals surface area contributed by atoms with Crippen LogP contribution in [0.1, 0.15) is 80.1 Å². The lowest BCUT2D eigenvalue weighted by Gasteiger charge is -2.53. The first-order chi connectivity index (χ1) is 13.9. The maximum absolute atomic E-state index is 9.82. The number of nitrogens with zero attached hydrogens (tertiary/aromatic N) is 2. The van der Waals surface area contributed by atoms with Gasteiger partial charge in [0.1, 0.15) is 0 Å². The number of aliphatic hydroxyl groups excluding tert-OH is 2. The Bertz CT molecular complexity index is 452. The van der Waals surface area contributed by atoms with Gasteiger partial charge in [0.05, 0.1) is 25.4 Å². The van der Waals surface area contributed by atoms with Crippen molar-refractivity contribution in [3.63, 3.8) is 0 Å². The molecule has 30 heavy (non-hydrogen) atoms. The smallest absolute Gasteiger partial charge is 0.0951 e. The van der Waals surface area contributed by atoms with Crippen molar-refractivity contribution in [2.45, 2.75) is 115 Å². The third kappa shape index (κ3) is 8.67. The maximum atomic E-state index is 9.82. The number of hydrogen-bond acceptors (Lipinski definition) is 8. The van der Waals surface area contributed by atoms with E-state index >= 15 is 0 Å². The highest BCUT2D eigenvalue weighted by Gasteiger charge is 2.41. The second kappa shape index (κ2) is 12.6. The van der Waals surface area contributed by atoms with Gasteiger partial charge < -0.3 is 19.9 Å². The zero-order valence-electron chi connectivity index (χ0n) is 20.1. The summed E-state index contributed by atoms with van der Waals surface area (Å²) in [4.78, 5) is 13.7. The lowest BCUT2D eigenvalue weighted by atomic mass is 9.79. The standard InChI is InChI=1S/C12H26N2O2.C10H22N2O2/c1-11(2)6-5-7-12(3,4)14(11)8-10(15)9-16-13;1-8-4-3-5-9(2)12(8)6-10(13)7-14-11/h10,15H,5-9,13H2,1-4H3;8-10,13H,3-7,11H2,1-2H3. The van der Waals surface area contributed by atoms with Gasteiger partial charge in [0.25, 0.3) is 0 Å². The minimum absolute atomic E-state index is 0.136. The van der Waals surface area contributed by atoms with E-state index in [0.29, 0.717) is 25.2 Å². The highest BCUT2D eigenvalue weighted by Crippen LogP contribution is 2.38. The molecule has 0 saturated carbocycles. The SMILES string of the molecule is CC1(C)CCCC(C)(C)N1CC(O)CON.CC1CCCC(C)N1CC(O)CON. The van der Waals surface area contributed by atoms with E-state index in [2.05, 4.69) is 61.0 Å². The largest absolute Gasteiger partial charge is 0.389 e. The summed E-state index contributed by atoms with van der Waals surface area (Å²) in [5, 5.41) is 19.4. The number of aliphatic hydroxyl groups is 2. The van der Waals surface area contributed by atoms with Gasteiger partial charge in [-0.15, -0.1) is 0 Å². The Morgan fingerprint density at radius 2 is 1.27 bits per heavy atom. The van der Waals surface area contributed by atoms with Gasteiger partial charge in [-0.2, -0.15) is 0 Å². The van der Waals surface area contributed by atoms with E-state index in [9.17, 15) is 10.2 Å². The number of rotatable bonds is 8.